The van der Waals surface area contributed by atoms with E-state index in [1.165, 1.54) is 23.7 Å². The first kappa shape index (κ1) is 22.5. The fourth-order valence-corrected chi connectivity index (χ4v) is 4.86. The Labute approximate surface area is 196 Å². The summed E-state index contributed by atoms with van der Waals surface area (Å²) in [4.78, 5) is 18.2. The molecule has 1 aliphatic rings. The third kappa shape index (κ3) is 4.39. The fraction of sp³-hybridized carbons (Fsp3) is 0.304. The van der Waals surface area contributed by atoms with Crippen molar-refractivity contribution in [1.29, 1.82) is 0 Å². The molecule has 1 fully saturated rings. The van der Waals surface area contributed by atoms with Crippen LogP contribution >= 0.6 is 11.3 Å². The van der Waals surface area contributed by atoms with Crippen LogP contribution in [0.5, 0.6) is 5.88 Å². The molecule has 34 heavy (non-hydrogen) atoms. The quantitative estimate of drug-likeness (QED) is 0.345. The molecule has 0 bridgehead atoms. The number of thiophene rings is 1. The Bertz CT molecular complexity index is 1320. The van der Waals surface area contributed by atoms with Crippen molar-refractivity contribution in [2.45, 2.75) is 32.0 Å². The van der Waals surface area contributed by atoms with Crippen LogP contribution in [0.1, 0.15) is 24.0 Å². The molecule has 0 saturated carbocycles. The molecular formula is C23H19F4N5OS. The van der Waals surface area contributed by atoms with Gasteiger partial charge in [0.2, 0.25) is 11.8 Å². The first-order valence-corrected chi connectivity index (χ1v) is 11.5. The van der Waals surface area contributed by atoms with Crippen LogP contribution in [0.15, 0.2) is 42.3 Å². The van der Waals surface area contributed by atoms with E-state index in [1.54, 1.807) is 6.07 Å². The van der Waals surface area contributed by atoms with Crippen LogP contribution in [-0.2, 0) is 6.18 Å². The number of aromatic nitrogens is 4. The number of ether oxygens (including phenoxy) is 1. The van der Waals surface area contributed by atoms with Gasteiger partial charge in [0.15, 0.2) is 0 Å². The third-order valence-electron chi connectivity index (χ3n) is 5.70. The SMILES string of the molecule is Cc1ccc(-c2csc3c(OC4CCN(c5ncc(C(F)(F)F)cn5)CC4)ncnc23)c(F)c1. The van der Waals surface area contributed by atoms with Gasteiger partial charge in [-0.15, -0.1) is 11.3 Å². The average Bonchev–Trinajstić information content (AvgIpc) is 3.24. The van der Waals surface area contributed by atoms with Crippen LogP contribution in [0.25, 0.3) is 21.3 Å². The lowest BCUT2D eigenvalue weighted by Gasteiger charge is -2.31. The largest absolute Gasteiger partial charge is 0.473 e. The Morgan fingerprint density at radius 3 is 2.44 bits per heavy atom. The molecule has 11 heteroatoms. The number of alkyl halides is 3. The highest BCUT2D eigenvalue weighted by atomic mass is 32.1. The topological polar surface area (TPSA) is 64.0 Å². The lowest BCUT2D eigenvalue weighted by molar-refractivity contribution is -0.138. The van der Waals surface area contributed by atoms with Crippen LogP contribution in [0.3, 0.4) is 0 Å². The summed E-state index contributed by atoms with van der Waals surface area (Å²) < 4.78 is 59.6. The molecule has 0 amide bonds. The summed E-state index contributed by atoms with van der Waals surface area (Å²) in [6.07, 6.45) is -0.339. The number of fused-ring (bicyclic) bond motifs is 1. The monoisotopic (exact) mass is 489 g/mol. The zero-order valence-electron chi connectivity index (χ0n) is 18.0. The van der Waals surface area contributed by atoms with Crippen LogP contribution in [0.4, 0.5) is 23.5 Å². The first-order chi connectivity index (χ1) is 16.3. The Balaban J connectivity index is 1.29. The van der Waals surface area contributed by atoms with E-state index >= 15 is 0 Å². The van der Waals surface area contributed by atoms with E-state index in [1.807, 2.05) is 23.3 Å². The number of benzene rings is 1. The number of piperidine rings is 1. The van der Waals surface area contributed by atoms with Crippen molar-refractivity contribution in [3.8, 4) is 17.0 Å². The molecule has 0 spiro atoms. The van der Waals surface area contributed by atoms with Gasteiger partial charge < -0.3 is 9.64 Å². The zero-order valence-corrected chi connectivity index (χ0v) is 18.8. The number of aryl methyl sites for hydroxylation is 1. The minimum atomic E-state index is -4.46. The molecule has 1 saturated heterocycles. The van der Waals surface area contributed by atoms with E-state index in [-0.39, 0.29) is 17.9 Å². The van der Waals surface area contributed by atoms with Crippen LogP contribution in [-0.4, -0.2) is 39.1 Å². The highest BCUT2D eigenvalue weighted by molar-refractivity contribution is 7.18. The van der Waals surface area contributed by atoms with Gasteiger partial charge in [-0.05, 0) is 18.6 Å². The Kier molecular flexibility index (Phi) is 5.80. The lowest BCUT2D eigenvalue weighted by atomic mass is 10.1. The molecule has 6 nitrogen and oxygen atoms in total. The molecule has 0 atom stereocenters. The van der Waals surface area contributed by atoms with Crippen molar-refractivity contribution in [2.75, 3.05) is 18.0 Å². The van der Waals surface area contributed by atoms with Gasteiger partial charge in [0, 0.05) is 54.8 Å². The van der Waals surface area contributed by atoms with Crippen molar-refractivity contribution in [2.24, 2.45) is 0 Å². The maximum absolute atomic E-state index is 14.5. The first-order valence-electron chi connectivity index (χ1n) is 10.6. The molecule has 0 unspecified atom stereocenters. The highest BCUT2D eigenvalue weighted by Gasteiger charge is 2.32. The minimum Gasteiger partial charge on any atom is -0.473 e. The Morgan fingerprint density at radius 2 is 1.76 bits per heavy atom. The number of anilines is 1. The molecule has 1 aromatic carbocycles. The van der Waals surface area contributed by atoms with Gasteiger partial charge in [-0.1, -0.05) is 12.1 Å². The van der Waals surface area contributed by atoms with Gasteiger partial charge >= 0.3 is 6.18 Å². The van der Waals surface area contributed by atoms with Crippen LogP contribution in [0.2, 0.25) is 0 Å². The molecule has 176 valence electrons. The minimum absolute atomic E-state index is 0.134. The van der Waals surface area contributed by atoms with Crippen molar-refractivity contribution in [3.63, 3.8) is 0 Å². The number of nitrogens with zero attached hydrogens (tertiary/aromatic N) is 5. The summed E-state index contributed by atoms with van der Waals surface area (Å²) in [6.45, 7) is 2.91. The van der Waals surface area contributed by atoms with Gasteiger partial charge in [0.05, 0.1) is 11.1 Å². The summed E-state index contributed by atoms with van der Waals surface area (Å²) in [5.41, 5.74) is 1.77. The summed E-state index contributed by atoms with van der Waals surface area (Å²) in [6, 6.07) is 5.09. The normalized spacial score (nSPS) is 15.1. The lowest BCUT2D eigenvalue weighted by Crippen LogP contribution is -2.39. The number of rotatable bonds is 4. The maximum atomic E-state index is 14.5. The van der Waals surface area contributed by atoms with Crippen LogP contribution in [0, 0.1) is 12.7 Å². The van der Waals surface area contributed by atoms with Gasteiger partial charge in [0.25, 0.3) is 0 Å². The summed E-state index contributed by atoms with van der Waals surface area (Å²) in [7, 11) is 0. The van der Waals surface area contributed by atoms with E-state index < -0.39 is 11.7 Å². The Morgan fingerprint density at radius 1 is 1.03 bits per heavy atom. The molecule has 0 N–H and O–H groups in total. The van der Waals surface area contributed by atoms with E-state index in [0.29, 0.717) is 48.5 Å². The average molecular weight is 489 g/mol. The summed E-state index contributed by atoms with van der Waals surface area (Å²) in [5, 5.41) is 1.85. The van der Waals surface area contributed by atoms with Crippen molar-refractivity contribution in [1.82, 2.24) is 19.9 Å². The maximum Gasteiger partial charge on any atom is 0.419 e. The second kappa shape index (κ2) is 8.79. The summed E-state index contributed by atoms with van der Waals surface area (Å²) in [5.74, 6) is 0.399. The van der Waals surface area contributed by atoms with E-state index in [2.05, 4.69) is 19.9 Å². The molecule has 1 aliphatic heterocycles. The second-order valence-corrected chi connectivity index (χ2v) is 8.94. The molecule has 0 radical (unpaired) electrons. The highest BCUT2D eigenvalue weighted by Crippen LogP contribution is 2.38. The van der Waals surface area contributed by atoms with Crippen LogP contribution < -0.4 is 9.64 Å². The molecule has 4 aromatic rings. The van der Waals surface area contributed by atoms with Gasteiger partial charge in [-0.2, -0.15) is 13.2 Å². The van der Waals surface area contributed by atoms with Gasteiger partial charge in [-0.3, -0.25) is 0 Å². The zero-order chi connectivity index (χ0) is 23.9. The standard InChI is InChI=1S/C23H19F4N5OS/c1-13-2-3-16(18(24)8-13)17-11-34-20-19(17)30-12-31-21(20)33-15-4-6-32(7-5-15)22-28-9-14(10-29-22)23(25,26)27/h2-3,8-12,15H,4-7H2,1H3. The van der Waals surface area contributed by atoms with Crippen molar-refractivity contribution in [3.05, 3.63) is 59.2 Å². The molecule has 4 heterocycles. The van der Waals surface area contributed by atoms with E-state index in [4.69, 9.17) is 4.74 Å². The molecule has 3 aromatic heterocycles. The van der Waals surface area contributed by atoms with Gasteiger partial charge in [0.1, 0.15) is 22.9 Å². The predicted octanol–water partition coefficient (Wildman–Crippen LogP) is 5.66. The molecule has 5 rings (SSSR count). The number of halogens is 4. The van der Waals surface area contributed by atoms with Crippen molar-refractivity contribution < 1.29 is 22.3 Å². The second-order valence-electron chi connectivity index (χ2n) is 8.06. The predicted molar refractivity (Wildman–Crippen MR) is 120 cm³/mol. The van der Waals surface area contributed by atoms with E-state index in [9.17, 15) is 17.6 Å². The van der Waals surface area contributed by atoms with Crippen molar-refractivity contribution >= 4 is 27.5 Å². The van der Waals surface area contributed by atoms with E-state index in [0.717, 1.165) is 22.7 Å². The smallest absolute Gasteiger partial charge is 0.419 e. The third-order valence-corrected chi connectivity index (χ3v) is 6.66. The number of hydrogen-bond acceptors (Lipinski definition) is 7. The number of hydrogen-bond donors (Lipinski definition) is 0. The fourth-order valence-electron chi connectivity index (χ4n) is 3.91. The molecule has 0 aliphatic carbocycles. The Hall–Kier alpha value is -3.34. The summed E-state index contributed by atoms with van der Waals surface area (Å²) >= 11 is 1.40. The molecular weight excluding hydrogens is 470 g/mol. The van der Waals surface area contributed by atoms with Gasteiger partial charge in [-0.25, -0.2) is 24.3 Å².